The molecule has 3 aromatic rings. The molecule has 0 radical (unpaired) electrons. The molecule has 1 heterocycles. The van der Waals surface area contributed by atoms with E-state index in [0.29, 0.717) is 5.82 Å². The van der Waals surface area contributed by atoms with Crippen LogP contribution in [0.5, 0.6) is 0 Å². The summed E-state index contributed by atoms with van der Waals surface area (Å²) in [6, 6.07) is 19.2. The van der Waals surface area contributed by atoms with E-state index in [2.05, 4.69) is 0 Å². The van der Waals surface area contributed by atoms with Crippen molar-refractivity contribution in [2.24, 2.45) is 0 Å². The number of carbonyl (C=O) groups excluding carboxylic acids is 1. The molecule has 29 heavy (non-hydrogen) atoms. The SMILES string of the molecule is CCOC(=O)/C=C(\[O-])c1n(C(C)(C)C)nc(-c2ccccc2)[n+]1-c1ccccc1. The molecular formula is C23H25N3O3. The van der Waals surface area contributed by atoms with E-state index in [0.717, 1.165) is 17.3 Å². The highest BCUT2D eigenvalue weighted by atomic mass is 16.5. The van der Waals surface area contributed by atoms with Crippen LogP contribution in [0, 0.1) is 0 Å². The average molecular weight is 391 g/mol. The number of para-hydroxylation sites is 1. The van der Waals surface area contributed by atoms with E-state index in [9.17, 15) is 9.90 Å². The summed E-state index contributed by atoms with van der Waals surface area (Å²) in [5, 5.41) is 18.0. The molecule has 0 saturated carbocycles. The monoisotopic (exact) mass is 391 g/mol. The van der Waals surface area contributed by atoms with Crippen LogP contribution in [0.15, 0.2) is 66.7 Å². The van der Waals surface area contributed by atoms with Gasteiger partial charge in [-0.05, 0) is 57.7 Å². The highest BCUT2D eigenvalue weighted by molar-refractivity contribution is 5.88. The smallest absolute Gasteiger partial charge is 0.330 e. The van der Waals surface area contributed by atoms with Crippen LogP contribution in [0.1, 0.15) is 33.5 Å². The van der Waals surface area contributed by atoms with Gasteiger partial charge in [-0.15, -0.1) is 4.68 Å². The number of ether oxygens (including phenoxy) is 1. The molecule has 0 spiro atoms. The lowest BCUT2D eigenvalue weighted by Crippen LogP contribution is -2.40. The molecule has 150 valence electrons. The minimum atomic E-state index is -0.667. The summed E-state index contributed by atoms with van der Waals surface area (Å²) < 4.78 is 8.40. The number of aromatic nitrogens is 3. The van der Waals surface area contributed by atoms with Crippen LogP contribution >= 0.6 is 0 Å². The van der Waals surface area contributed by atoms with Crippen LogP contribution in [-0.2, 0) is 15.1 Å². The summed E-state index contributed by atoms with van der Waals surface area (Å²) in [4.78, 5) is 12.0. The van der Waals surface area contributed by atoms with Gasteiger partial charge < -0.3 is 9.84 Å². The highest BCUT2D eigenvalue weighted by Crippen LogP contribution is 2.24. The fraction of sp³-hybridized carbons (Fsp3) is 0.261. The van der Waals surface area contributed by atoms with Gasteiger partial charge in [0.2, 0.25) is 0 Å². The van der Waals surface area contributed by atoms with E-state index in [1.165, 1.54) is 0 Å². The van der Waals surface area contributed by atoms with Gasteiger partial charge in [-0.25, -0.2) is 4.79 Å². The van der Waals surface area contributed by atoms with Gasteiger partial charge in [0.1, 0.15) is 11.2 Å². The summed E-state index contributed by atoms with van der Waals surface area (Å²) in [7, 11) is 0. The van der Waals surface area contributed by atoms with E-state index < -0.39 is 17.3 Å². The molecule has 0 atom stereocenters. The molecule has 0 fully saturated rings. The Hall–Kier alpha value is -3.41. The van der Waals surface area contributed by atoms with Crippen LogP contribution in [0.2, 0.25) is 0 Å². The summed E-state index contributed by atoms with van der Waals surface area (Å²) in [6.45, 7) is 7.80. The lowest BCUT2D eigenvalue weighted by atomic mass is 10.1. The van der Waals surface area contributed by atoms with Crippen molar-refractivity contribution in [2.45, 2.75) is 33.2 Å². The number of hydrogen-bond donors (Lipinski definition) is 0. The molecule has 6 heteroatoms. The number of nitrogens with zero attached hydrogens (tertiary/aromatic N) is 3. The van der Waals surface area contributed by atoms with Gasteiger partial charge >= 0.3 is 11.8 Å². The Kier molecular flexibility index (Phi) is 5.82. The minimum absolute atomic E-state index is 0.203. The molecule has 0 amide bonds. The molecule has 0 aliphatic rings. The molecule has 0 aliphatic heterocycles. The fourth-order valence-corrected chi connectivity index (χ4v) is 3.02. The van der Waals surface area contributed by atoms with Gasteiger partial charge in [0, 0.05) is 11.2 Å². The maximum atomic E-state index is 13.2. The minimum Gasteiger partial charge on any atom is -0.868 e. The van der Waals surface area contributed by atoms with E-state index in [1.54, 1.807) is 16.2 Å². The second kappa shape index (κ2) is 8.31. The first-order valence-electron chi connectivity index (χ1n) is 9.55. The van der Waals surface area contributed by atoms with Crippen molar-refractivity contribution in [1.82, 2.24) is 9.78 Å². The molecule has 0 N–H and O–H groups in total. The van der Waals surface area contributed by atoms with Gasteiger partial charge in [0.25, 0.3) is 5.82 Å². The second-order valence-electron chi connectivity index (χ2n) is 7.53. The standard InChI is InChI=1S/C23H25N3O3/c1-5-29-20(28)16-19(27)22-25(18-14-10-7-11-15-18)21(17-12-8-6-9-13-17)24-26(22)23(2,3)4/h6-16H,5H2,1-4H3. The number of benzene rings is 2. The Morgan fingerprint density at radius 3 is 2.24 bits per heavy atom. The Morgan fingerprint density at radius 1 is 1.10 bits per heavy atom. The third-order valence-electron chi connectivity index (χ3n) is 4.26. The van der Waals surface area contributed by atoms with Gasteiger partial charge in [0.05, 0.1) is 12.2 Å². The number of carbonyl (C=O) groups is 1. The largest absolute Gasteiger partial charge is 0.868 e. The number of hydrogen-bond acceptors (Lipinski definition) is 4. The fourth-order valence-electron chi connectivity index (χ4n) is 3.02. The maximum Gasteiger partial charge on any atom is 0.330 e. The van der Waals surface area contributed by atoms with Crippen LogP contribution in [0.4, 0.5) is 0 Å². The predicted octanol–water partition coefficient (Wildman–Crippen LogP) is 2.85. The first-order valence-corrected chi connectivity index (χ1v) is 9.55. The molecule has 0 unspecified atom stereocenters. The molecule has 0 bridgehead atoms. The van der Waals surface area contributed by atoms with Crippen molar-refractivity contribution >= 4 is 11.7 Å². The highest BCUT2D eigenvalue weighted by Gasteiger charge is 2.34. The Bertz CT molecular complexity index is 1020. The van der Waals surface area contributed by atoms with Gasteiger partial charge in [-0.2, -0.15) is 4.57 Å². The Balaban J connectivity index is 2.35. The summed E-state index contributed by atoms with van der Waals surface area (Å²) in [6.07, 6.45) is 0.983. The molecular weight excluding hydrogens is 366 g/mol. The number of rotatable bonds is 5. The molecule has 1 aromatic heterocycles. The molecule has 2 aromatic carbocycles. The van der Waals surface area contributed by atoms with Crippen LogP contribution in [-0.4, -0.2) is 22.4 Å². The van der Waals surface area contributed by atoms with Crippen LogP contribution in [0.25, 0.3) is 22.8 Å². The molecule has 0 aliphatic carbocycles. The van der Waals surface area contributed by atoms with E-state index >= 15 is 0 Å². The van der Waals surface area contributed by atoms with Crippen molar-refractivity contribution in [3.8, 4) is 17.1 Å². The van der Waals surface area contributed by atoms with Gasteiger partial charge in [0.15, 0.2) is 0 Å². The van der Waals surface area contributed by atoms with Crippen molar-refractivity contribution in [2.75, 3.05) is 6.61 Å². The lowest BCUT2D eigenvalue weighted by molar-refractivity contribution is -0.592. The normalized spacial score (nSPS) is 12.1. The van der Waals surface area contributed by atoms with Gasteiger partial charge in [-0.3, -0.25) is 0 Å². The van der Waals surface area contributed by atoms with Crippen molar-refractivity contribution < 1.29 is 19.2 Å². The van der Waals surface area contributed by atoms with E-state index in [-0.39, 0.29) is 12.4 Å². The molecule has 3 rings (SSSR count). The second-order valence-corrected chi connectivity index (χ2v) is 7.53. The number of esters is 1. The maximum absolute atomic E-state index is 13.2. The van der Waals surface area contributed by atoms with Gasteiger partial charge in [-0.1, -0.05) is 36.4 Å². The van der Waals surface area contributed by atoms with Crippen LogP contribution in [0.3, 0.4) is 0 Å². The lowest BCUT2D eigenvalue weighted by Gasteiger charge is -2.18. The first-order chi connectivity index (χ1) is 13.8. The third kappa shape index (κ3) is 4.37. The van der Waals surface area contributed by atoms with Crippen LogP contribution < -0.4 is 9.67 Å². The van der Waals surface area contributed by atoms with E-state index in [4.69, 9.17) is 9.84 Å². The quantitative estimate of drug-likeness (QED) is 0.290. The zero-order valence-corrected chi connectivity index (χ0v) is 17.1. The Morgan fingerprint density at radius 2 is 1.69 bits per heavy atom. The van der Waals surface area contributed by atoms with Crippen molar-refractivity contribution in [3.05, 3.63) is 72.6 Å². The predicted molar refractivity (Wildman–Crippen MR) is 109 cm³/mol. The molecule has 0 saturated heterocycles. The van der Waals surface area contributed by atoms with Crippen molar-refractivity contribution in [1.29, 1.82) is 0 Å². The van der Waals surface area contributed by atoms with E-state index in [1.807, 2.05) is 81.4 Å². The zero-order valence-electron chi connectivity index (χ0n) is 17.1. The summed E-state index contributed by atoms with van der Waals surface area (Å²) >= 11 is 0. The first kappa shape index (κ1) is 20.3. The molecule has 6 nitrogen and oxygen atoms in total. The third-order valence-corrected chi connectivity index (χ3v) is 4.26. The van der Waals surface area contributed by atoms with Crippen molar-refractivity contribution in [3.63, 3.8) is 0 Å². The topological polar surface area (TPSA) is 71.1 Å². The Labute approximate surface area is 170 Å². The summed E-state index contributed by atoms with van der Waals surface area (Å²) in [5.41, 5.74) is 1.16. The average Bonchev–Trinajstić information content (AvgIpc) is 3.11. The zero-order chi connectivity index (χ0) is 21.0. The summed E-state index contributed by atoms with van der Waals surface area (Å²) in [5.74, 6) is -0.222.